The summed E-state index contributed by atoms with van der Waals surface area (Å²) in [6.45, 7) is 0. The van der Waals surface area contributed by atoms with Crippen molar-refractivity contribution in [3.63, 3.8) is 0 Å². The third kappa shape index (κ3) is 4.64. The zero-order valence-corrected chi connectivity index (χ0v) is 25.9. The molecule has 11 nitrogen and oxygen atoms in total. The molecule has 0 fully saturated rings. The van der Waals surface area contributed by atoms with Gasteiger partial charge in [0.2, 0.25) is 5.82 Å². The Morgan fingerprint density at radius 1 is 0.848 bits per heavy atom. The van der Waals surface area contributed by atoms with Crippen LogP contribution in [0.2, 0.25) is 0 Å². The number of aliphatic hydroxyl groups excluding tert-OH is 1. The van der Waals surface area contributed by atoms with E-state index in [1.807, 2.05) is 91.0 Å². The highest BCUT2D eigenvalue weighted by molar-refractivity contribution is 7.89. The highest BCUT2D eigenvalue weighted by atomic mass is 32.2. The third-order valence-corrected chi connectivity index (χ3v) is 10.8. The van der Waals surface area contributed by atoms with Crippen molar-refractivity contribution in [2.75, 3.05) is 12.4 Å². The Morgan fingerprint density at radius 2 is 1.41 bits per heavy atom. The average molecular weight is 648 g/mol. The fraction of sp³-hybridized carbons (Fsp3) is 0.0606. The minimum Gasteiger partial charge on any atom is -0.504 e. The van der Waals surface area contributed by atoms with Gasteiger partial charge in [0.05, 0.1) is 9.75 Å². The van der Waals surface area contributed by atoms with Gasteiger partial charge in [0.1, 0.15) is 10.7 Å². The molecule has 1 aliphatic heterocycles. The van der Waals surface area contributed by atoms with Crippen LogP contribution in [0.5, 0.6) is 0 Å². The molecule has 46 heavy (non-hydrogen) atoms. The van der Waals surface area contributed by atoms with E-state index in [0.717, 1.165) is 32.3 Å². The SMILES string of the molecule is CN1C(C(=O)Nc2ccccn2)=C(O)c2sc(-c3nnn(C(c4ccccc4)(c4ccccc4)c4ccccc4)n3)cc2S1(=O)=O. The molecule has 0 aliphatic carbocycles. The molecule has 0 spiro atoms. The number of fused-ring (bicyclic) bond motifs is 1. The molecule has 3 aromatic heterocycles. The van der Waals surface area contributed by atoms with E-state index < -0.39 is 32.9 Å². The Labute approximate surface area is 268 Å². The predicted octanol–water partition coefficient (Wildman–Crippen LogP) is 5.14. The number of sulfonamides is 1. The summed E-state index contributed by atoms with van der Waals surface area (Å²) in [5.74, 6) is -0.963. The smallest absolute Gasteiger partial charge is 0.278 e. The van der Waals surface area contributed by atoms with Gasteiger partial charge in [0.25, 0.3) is 15.9 Å². The molecule has 0 saturated carbocycles. The Hall–Kier alpha value is -5.66. The summed E-state index contributed by atoms with van der Waals surface area (Å²) in [5.41, 5.74) is 1.19. The van der Waals surface area contributed by atoms with Gasteiger partial charge in [-0.3, -0.25) is 9.10 Å². The second-order valence-corrected chi connectivity index (χ2v) is 13.3. The first-order valence-electron chi connectivity index (χ1n) is 14.1. The summed E-state index contributed by atoms with van der Waals surface area (Å²) in [5, 5.41) is 27.5. The molecular formula is C33H25N7O4S2. The van der Waals surface area contributed by atoms with Crippen LogP contribution in [-0.4, -0.2) is 56.0 Å². The summed E-state index contributed by atoms with van der Waals surface area (Å²) in [7, 11) is -3.01. The van der Waals surface area contributed by atoms with Crippen molar-refractivity contribution < 1.29 is 18.3 Å². The fourth-order valence-electron chi connectivity index (χ4n) is 5.57. The number of hydrogen-bond donors (Lipinski definition) is 2. The lowest BCUT2D eigenvalue weighted by Gasteiger charge is -2.34. The summed E-state index contributed by atoms with van der Waals surface area (Å²) < 4.78 is 28.0. The molecule has 0 radical (unpaired) electrons. The molecule has 0 saturated heterocycles. The van der Waals surface area contributed by atoms with E-state index in [9.17, 15) is 18.3 Å². The number of benzene rings is 3. The summed E-state index contributed by atoms with van der Waals surface area (Å²) in [6, 6.07) is 35.7. The van der Waals surface area contributed by atoms with E-state index in [4.69, 9.17) is 5.10 Å². The quantitative estimate of drug-likeness (QED) is 0.227. The maximum atomic E-state index is 13.6. The number of nitrogens with zero attached hydrogens (tertiary/aromatic N) is 6. The van der Waals surface area contributed by atoms with Crippen LogP contribution in [0.1, 0.15) is 21.6 Å². The molecule has 1 aliphatic rings. The number of anilines is 1. The van der Waals surface area contributed by atoms with Crippen molar-refractivity contribution in [3.05, 3.63) is 149 Å². The number of thiophene rings is 1. The van der Waals surface area contributed by atoms with E-state index in [1.54, 1.807) is 18.2 Å². The van der Waals surface area contributed by atoms with Gasteiger partial charge < -0.3 is 10.4 Å². The maximum Gasteiger partial charge on any atom is 0.278 e. The number of pyridine rings is 1. The Kier molecular flexibility index (Phi) is 7.18. The Balaban J connectivity index is 1.37. The van der Waals surface area contributed by atoms with Gasteiger partial charge >= 0.3 is 0 Å². The number of likely N-dealkylation sites (N-methyl/N-ethyl adjacent to an activating group) is 1. The van der Waals surface area contributed by atoms with E-state index in [2.05, 4.69) is 20.6 Å². The van der Waals surface area contributed by atoms with Crippen LogP contribution in [0.25, 0.3) is 16.5 Å². The van der Waals surface area contributed by atoms with Crippen molar-refractivity contribution in [2.24, 2.45) is 0 Å². The molecule has 228 valence electrons. The van der Waals surface area contributed by atoms with Gasteiger partial charge in [-0.1, -0.05) is 97.1 Å². The number of carbonyl (C=O) groups is 1. The number of amides is 1. The lowest BCUT2D eigenvalue weighted by atomic mass is 9.77. The number of rotatable bonds is 7. The first kappa shape index (κ1) is 29.1. The molecule has 1 amide bonds. The minimum atomic E-state index is -4.22. The van der Waals surface area contributed by atoms with Gasteiger partial charge in [0.15, 0.2) is 17.0 Å². The summed E-state index contributed by atoms with van der Waals surface area (Å²) >= 11 is 0.952. The predicted molar refractivity (Wildman–Crippen MR) is 173 cm³/mol. The van der Waals surface area contributed by atoms with Crippen LogP contribution in [-0.2, 0) is 20.4 Å². The highest BCUT2D eigenvalue weighted by Gasteiger charge is 2.43. The molecule has 2 N–H and O–H groups in total. The van der Waals surface area contributed by atoms with E-state index in [0.29, 0.717) is 4.88 Å². The number of tetrazole rings is 1. The molecular weight excluding hydrogens is 623 g/mol. The Bertz CT molecular complexity index is 2090. The van der Waals surface area contributed by atoms with Crippen molar-refractivity contribution in [3.8, 4) is 10.7 Å². The zero-order chi connectivity index (χ0) is 31.9. The van der Waals surface area contributed by atoms with Crippen molar-refractivity contribution >= 4 is 38.8 Å². The zero-order valence-electron chi connectivity index (χ0n) is 24.2. The van der Waals surface area contributed by atoms with Gasteiger partial charge in [-0.25, -0.2) is 13.4 Å². The van der Waals surface area contributed by atoms with Crippen molar-refractivity contribution in [1.82, 2.24) is 29.5 Å². The molecule has 13 heteroatoms. The standard InChI is InChI=1S/C33H25N7O4S2/c1-39-28(32(42)35-27-19-11-12-20-34-27)29(41)30-26(46(39,43)44)21-25(45-30)31-36-38-40(37-31)33(22-13-5-2-6-14-22,23-15-7-3-8-16-23)24-17-9-4-10-18-24/h2-21,41H,1H3,(H,34,35,42). The van der Waals surface area contributed by atoms with E-state index >= 15 is 0 Å². The highest BCUT2D eigenvalue weighted by Crippen LogP contribution is 2.44. The van der Waals surface area contributed by atoms with E-state index in [-0.39, 0.29) is 21.4 Å². The fourth-order valence-corrected chi connectivity index (χ4v) is 8.31. The molecule has 7 rings (SSSR count). The average Bonchev–Trinajstić information content (AvgIpc) is 3.76. The number of aliphatic hydroxyl groups is 1. The lowest BCUT2D eigenvalue weighted by Crippen LogP contribution is -2.39. The van der Waals surface area contributed by atoms with Crippen LogP contribution < -0.4 is 5.32 Å². The van der Waals surface area contributed by atoms with Crippen LogP contribution >= 0.6 is 11.3 Å². The number of carbonyl (C=O) groups excluding carboxylic acids is 1. The summed E-state index contributed by atoms with van der Waals surface area (Å²) in [6.07, 6.45) is 1.48. The minimum absolute atomic E-state index is 0.00365. The number of aromatic nitrogens is 5. The normalized spacial score (nSPS) is 14.2. The summed E-state index contributed by atoms with van der Waals surface area (Å²) in [4.78, 5) is 18.9. The molecule has 0 unspecified atom stereocenters. The van der Waals surface area contributed by atoms with Crippen LogP contribution in [0.4, 0.5) is 5.82 Å². The Morgan fingerprint density at radius 3 is 1.96 bits per heavy atom. The van der Waals surface area contributed by atoms with Crippen LogP contribution in [0.15, 0.2) is 132 Å². The molecule has 0 atom stereocenters. The largest absolute Gasteiger partial charge is 0.504 e. The second-order valence-electron chi connectivity index (χ2n) is 10.4. The van der Waals surface area contributed by atoms with Crippen LogP contribution in [0, 0.1) is 0 Å². The van der Waals surface area contributed by atoms with Gasteiger partial charge in [-0.05, 0) is 40.1 Å². The maximum absolute atomic E-state index is 13.6. The number of hydrogen-bond acceptors (Lipinski definition) is 9. The molecule has 4 heterocycles. The molecule has 6 aromatic rings. The first-order chi connectivity index (χ1) is 22.3. The molecule has 3 aromatic carbocycles. The molecule has 0 bridgehead atoms. The van der Waals surface area contributed by atoms with Gasteiger partial charge in [-0.15, -0.1) is 26.3 Å². The number of nitrogens with one attached hydrogen (secondary N) is 1. The van der Waals surface area contributed by atoms with Crippen molar-refractivity contribution in [1.29, 1.82) is 0 Å². The second kappa shape index (κ2) is 11.4. The third-order valence-electron chi connectivity index (χ3n) is 7.72. The lowest BCUT2D eigenvalue weighted by molar-refractivity contribution is -0.113. The topological polar surface area (TPSA) is 143 Å². The van der Waals surface area contributed by atoms with E-state index in [1.165, 1.54) is 24.1 Å². The van der Waals surface area contributed by atoms with Crippen molar-refractivity contribution in [2.45, 2.75) is 10.4 Å². The van der Waals surface area contributed by atoms with Gasteiger partial charge in [0, 0.05) is 13.2 Å². The monoisotopic (exact) mass is 647 g/mol. The van der Waals surface area contributed by atoms with Crippen LogP contribution in [0.3, 0.4) is 0 Å². The van der Waals surface area contributed by atoms with Gasteiger partial charge in [-0.2, -0.15) is 0 Å². The first-order valence-corrected chi connectivity index (χ1v) is 16.3.